The summed E-state index contributed by atoms with van der Waals surface area (Å²) >= 11 is 3.60. The largest absolute Gasteiger partial charge is 0.299 e. The molecule has 0 N–H and O–H groups in total. The number of nitrogens with zero attached hydrogens (tertiary/aromatic N) is 2. The van der Waals surface area contributed by atoms with Crippen LogP contribution in [-0.2, 0) is 24.2 Å². The van der Waals surface area contributed by atoms with Crippen LogP contribution in [0.5, 0.6) is 0 Å². The molecule has 0 aromatic carbocycles. The molecule has 0 saturated heterocycles. The lowest BCUT2D eigenvalue weighted by Gasteiger charge is -2.26. The predicted octanol–water partition coefficient (Wildman–Crippen LogP) is 4.41. The van der Waals surface area contributed by atoms with Crippen LogP contribution in [-0.4, -0.2) is 15.6 Å². The lowest BCUT2D eigenvalue weighted by Crippen LogP contribution is -2.22. The molecular formula is C16H27BrN2O. The molecule has 0 aliphatic rings. The topological polar surface area (TPSA) is 34.9 Å². The predicted molar refractivity (Wildman–Crippen MR) is 86.9 cm³/mol. The van der Waals surface area contributed by atoms with Gasteiger partial charge in [0.05, 0.1) is 15.9 Å². The van der Waals surface area contributed by atoms with Gasteiger partial charge in [0, 0.05) is 19.4 Å². The van der Waals surface area contributed by atoms with Crippen molar-refractivity contribution in [2.75, 3.05) is 0 Å². The Balaban J connectivity index is 2.83. The average molecular weight is 343 g/mol. The Kier molecular flexibility index (Phi) is 5.99. The number of ketones is 1. The van der Waals surface area contributed by atoms with Crippen LogP contribution in [0.3, 0.4) is 0 Å². The molecule has 3 nitrogen and oxygen atoms in total. The first-order valence-electron chi connectivity index (χ1n) is 7.46. The monoisotopic (exact) mass is 342 g/mol. The molecule has 1 rings (SSSR count). The Morgan fingerprint density at radius 1 is 1.35 bits per heavy atom. The van der Waals surface area contributed by atoms with E-state index in [9.17, 15) is 4.79 Å². The zero-order valence-electron chi connectivity index (χ0n) is 13.6. The molecule has 0 aliphatic heterocycles. The first-order chi connectivity index (χ1) is 9.20. The normalized spacial score (nSPS) is 13.6. The maximum absolute atomic E-state index is 12.3. The molecule has 1 atom stereocenters. The summed E-state index contributed by atoms with van der Waals surface area (Å²) in [5, 5.41) is 4.55. The maximum atomic E-state index is 12.3. The van der Waals surface area contributed by atoms with E-state index in [2.05, 4.69) is 62.6 Å². The molecule has 0 fully saturated rings. The van der Waals surface area contributed by atoms with Gasteiger partial charge in [-0.25, -0.2) is 0 Å². The number of rotatable bonds is 6. The van der Waals surface area contributed by atoms with Crippen molar-refractivity contribution in [3.05, 3.63) is 15.9 Å². The number of hydrogen-bond acceptors (Lipinski definition) is 2. The molecule has 0 radical (unpaired) electrons. The number of hydrogen-bond donors (Lipinski definition) is 0. The van der Waals surface area contributed by atoms with Crippen LogP contribution in [0.2, 0.25) is 0 Å². The molecule has 20 heavy (non-hydrogen) atoms. The van der Waals surface area contributed by atoms with Crippen molar-refractivity contribution < 1.29 is 4.79 Å². The summed E-state index contributed by atoms with van der Waals surface area (Å²) < 4.78 is 2.96. The van der Waals surface area contributed by atoms with Crippen molar-refractivity contribution in [3.63, 3.8) is 0 Å². The highest BCUT2D eigenvalue weighted by atomic mass is 79.9. The van der Waals surface area contributed by atoms with Gasteiger partial charge in [-0.1, -0.05) is 34.6 Å². The summed E-state index contributed by atoms with van der Waals surface area (Å²) in [5.41, 5.74) is 2.24. The number of carbonyl (C=O) groups is 1. The summed E-state index contributed by atoms with van der Waals surface area (Å²) in [7, 11) is 0. The van der Waals surface area contributed by atoms with Crippen LogP contribution in [0.4, 0.5) is 0 Å². The first kappa shape index (κ1) is 17.4. The Morgan fingerprint density at radius 2 is 1.95 bits per heavy atom. The highest BCUT2D eigenvalue weighted by molar-refractivity contribution is 9.10. The summed E-state index contributed by atoms with van der Waals surface area (Å²) in [6.45, 7) is 13.7. The zero-order chi connectivity index (χ0) is 15.5. The number of aromatic nitrogens is 2. The van der Waals surface area contributed by atoms with E-state index in [1.54, 1.807) is 0 Å². The quantitative estimate of drug-likeness (QED) is 0.767. The number of carbonyl (C=O) groups excluding carboxylic acids is 1. The van der Waals surface area contributed by atoms with Crippen LogP contribution >= 0.6 is 15.9 Å². The summed E-state index contributed by atoms with van der Waals surface area (Å²) in [5.74, 6) is 0.683. The van der Waals surface area contributed by atoms with Crippen LogP contribution in [0.1, 0.15) is 59.4 Å². The van der Waals surface area contributed by atoms with Gasteiger partial charge < -0.3 is 0 Å². The molecule has 0 amide bonds. The van der Waals surface area contributed by atoms with Crippen LogP contribution in [0.15, 0.2) is 4.47 Å². The van der Waals surface area contributed by atoms with Gasteiger partial charge in [-0.05, 0) is 40.6 Å². The molecular weight excluding hydrogens is 316 g/mol. The smallest absolute Gasteiger partial charge is 0.139 e. The van der Waals surface area contributed by atoms with Gasteiger partial charge in [-0.15, -0.1) is 0 Å². The third-order valence-corrected chi connectivity index (χ3v) is 4.99. The average Bonchev–Trinajstić information content (AvgIpc) is 2.65. The van der Waals surface area contributed by atoms with Crippen LogP contribution in [0.25, 0.3) is 0 Å². The van der Waals surface area contributed by atoms with Crippen molar-refractivity contribution in [3.8, 4) is 0 Å². The van der Waals surface area contributed by atoms with Gasteiger partial charge in [0.15, 0.2) is 0 Å². The minimum atomic E-state index is 0.173. The Labute approximate surface area is 131 Å². The van der Waals surface area contributed by atoms with Crippen molar-refractivity contribution in [2.24, 2.45) is 11.3 Å². The lowest BCUT2D eigenvalue weighted by molar-refractivity contribution is -0.120. The second-order valence-corrected chi connectivity index (χ2v) is 7.36. The maximum Gasteiger partial charge on any atom is 0.139 e. The van der Waals surface area contributed by atoms with Crippen molar-refractivity contribution in [2.45, 2.75) is 67.3 Å². The minimum absolute atomic E-state index is 0.173. The Bertz CT molecular complexity index is 472. The Hall–Kier alpha value is -0.640. The zero-order valence-corrected chi connectivity index (χ0v) is 15.2. The molecule has 1 unspecified atom stereocenters. The van der Waals surface area contributed by atoms with E-state index in [1.807, 2.05) is 4.68 Å². The molecule has 4 heteroatoms. The highest BCUT2D eigenvalue weighted by Gasteiger charge is 2.24. The first-order valence-corrected chi connectivity index (χ1v) is 8.25. The minimum Gasteiger partial charge on any atom is -0.299 e. The fraction of sp³-hybridized carbons (Fsp3) is 0.750. The second kappa shape index (κ2) is 6.88. The van der Waals surface area contributed by atoms with E-state index in [-0.39, 0.29) is 5.41 Å². The third kappa shape index (κ3) is 4.18. The molecule has 1 heterocycles. The van der Waals surface area contributed by atoms with Gasteiger partial charge in [0.25, 0.3) is 0 Å². The fourth-order valence-electron chi connectivity index (χ4n) is 2.09. The van der Waals surface area contributed by atoms with Crippen LogP contribution < -0.4 is 0 Å². The fourth-order valence-corrected chi connectivity index (χ4v) is 2.80. The molecule has 1 aromatic rings. The number of aryl methyl sites for hydroxylation is 2. The molecule has 0 bridgehead atoms. The summed E-state index contributed by atoms with van der Waals surface area (Å²) in [4.78, 5) is 12.3. The molecule has 1 aromatic heterocycles. The van der Waals surface area contributed by atoms with Crippen molar-refractivity contribution in [1.29, 1.82) is 0 Å². The molecule has 0 saturated carbocycles. The van der Waals surface area contributed by atoms with Crippen LogP contribution in [0, 0.1) is 11.3 Å². The van der Waals surface area contributed by atoms with Gasteiger partial charge in [-0.3, -0.25) is 9.48 Å². The van der Waals surface area contributed by atoms with E-state index in [1.165, 1.54) is 0 Å². The second-order valence-electron chi connectivity index (χ2n) is 6.56. The third-order valence-electron chi connectivity index (χ3n) is 4.07. The summed E-state index contributed by atoms with van der Waals surface area (Å²) in [6.07, 6.45) is 1.99. The van der Waals surface area contributed by atoms with E-state index in [0.717, 1.165) is 28.8 Å². The molecule has 0 spiro atoms. The SMILES string of the molecule is CCc1nn(CC)c(CC(=O)CC(C)C(C)(C)C)c1Br. The van der Waals surface area contributed by atoms with Gasteiger partial charge >= 0.3 is 0 Å². The van der Waals surface area contributed by atoms with E-state index < -0.39 is 0 Å². The highest BCUT2D eigenvalue weighted by Crippen LogP contribution is 2.29. The molecule has 0 aliphatic carbocycles. The van der Waals surface area contributed by atoms with Gasteiger partial charge in [0.2, 0.25) is 0 Å². The van der Waals surface area contributed by atoms with E-state index in [0.29, 0.717) is 24.5 Å². The van der Waals surface area contributed by atoms with E-state index >= 15 is 0 Å². The van der Waals surface area contributed by atoms with Crippen molar-refractivity contribution in [1.82, 2.24) is 9.78 Å². The van der Waals surface area contributed by atoms with Gasteiger partial charge in [-0.2, -0.15) is 5.10 Å². The van der Waals surface area contributed by atoms with Crippen molar-refractivity contribution >= 4 is 21.7 Å². The molecule has 114 valence electrons. The number of halogens is 1. The van der Waals surface area contributed by atoms with E-state index in [4.69, 9.17) is 0 Å². The standard InChI is InChI=1S/C16H27BrN2O/c1-7-13-15(17)14(19(8-2)18-13)10-12(20)9-11(3)16(4,5)6/h11H,7-10H2,1-6H3. The van der Waals surface area contributed by atoms with Gasteiger partial charge in [0.1, 0.15) is 5.78 Å². The summed E-state index contributed by atoms with van der Waals surface area (Å²) in [6, 6.07) is 0. The number of Topliss-reactive ketones (excluding diaryl/α,β-unsaturated/α-hetero) is 1. The lowest BCUT2D eigenvalue weighted by atomic mass is 9.79. The Morgan fingerprint density at radius 3 is 2.40 bits per heavy atom.